The normalized spacial score (nSPS) is 44.2. The maximum absolute atomic E-state index is 10.7. The molecule has 0 spiro atoms. The van der Waals surface area contributed by atoms with Gasteiger partial charge in [0.1, 0.15) is 0 Å². The zero-order valence-electron chi connectivity index (χ0n) is 10.0. The van der Waals surface area contributed by atoms with Crippen LogP contribution in [-0.2, 0) is 4.74 Å². The van der Waals surface area contributed by atoms with Crippen LogP contribution in [0.2, 0.25) is 0 Å². The monoisotopic (exact) mass is 212 g/mol. The van der Waals surface area contributed by atoms with Crippen LogP contribution >= 0.6 is 0 Å². The number of ether oxygens (including phenoxy) is 1. The molecule has 1 saturated heterocycles. The fraction of sp³-hybridized carbons (Fsp3) is 1.00. The molecule has 15 heavy (non-hydrogen) atoms. The van der Waals surface area contributed by atoms with Crippen LogP contribution in [0.25, 0.3) is 0 Å². The average molecular weight is 212 g/mol. The van der Waals surface area contributed by atoms with Gasteiger partial charge in [0, 0.05) is 13.2 Å². The molecule has 3 unspecified atom stereocenters. The standard InChI is InChI=1S/C13H24O2/c1-10-3-6-13(14,9-11(10)2)12-4-7-15-8-5-12/h10-12,14H,3-9H2,1-2H3. The first kappa shape index (κ1) is 11.4. The molecule has 2 rings (SSSR count). The predicted octanol–water partition coefficient (Wildman–Crippen LogP) is 2.60. The Hall–Kier alpha value is -0.0800. The minimum absolute atomic E-state index is 0.379. The maximum Gasteiger partial charge on any atom is 0.0680 e. The minimum atomic E-state index is -0.379. The van der Waals surface area contributed by atoms with Gasteiger partial charge in [-0.15, -0.1) is 0 Å². The lowest BCUT2D eigenvalue weighted by Crippen LogP contribution is -2.46. The largest absolute Gasteiger partial charge is 0.390 e. The molecule has 3 atom stereocenters. The summed E-state index contributed by atoms with van der Waals surface area (Å²) in [7, 11) is 0. The Morgan fingerprint density at radius 3 is 2.33 bits per heavy atom. The van der Waals surface area contributed by atoms with Crippen molar-refractivity contribution in [3.05, 3.63) is 0 Å². The molecule has 2 heteroatoms. The number of rotatable bonds is 1. The fourth-order valence-corrected chi connectivity index (χ4v) is 3.23. The lowest BCUT2D eigenvalue weighted by Gasteiger charge is -2.45. The molecule has 1 saturated carbocycles. The van der Waals surface area contributed by atoms with Crippen molar-refractivity contribution in [2.45, 2.75) is 51.6 Å². The van der Waals surface area contributed by atoms with Crippen LogP contribution < -0.4 is 0 Å². The Kier molecular flexibility index (Phi) is 3.36. The fourth-order valence-electron chi connectivity index (χ4n) is 3.23. The van der Waals surface area contributed by atoms with E-state index in [1.807, 2.05) is 0 Å². The van der Waals surface area contributed by atoms with E-state index in [9.17, 15) is 5.11 Å². The summed E-state index contributed by atoms with van der Waals surface area (Å²) in [5.74, 6) is 1.94. The average Bonchev–Trinajstić information content (AvgIpc) is 2.26. The van der Waals surface area contributed by atoms with Gasteiger partial charge in [-0.25, -0.2) is 0 Å². The zero-order valence-corrected chi connectivity index (χ0v) is 10.0. The van der Waals surface area contributed by atoms with Gasteiger partial charge in [-0.3, -0.25) is 0 Å². The highest BCUT2D eigenvalue weighted by Gasteiger charge is 2.42. The van der Waals surface area contributed by atoms with Gasteiger partial charge in [0.15, 0.2) is 0 Å². The third-order valence-corrected chi connectivity index (χ3v) is 4.66. The van der Waals surface area contributed by atoms with Gasteiger partial charge < -0.3 is 9.84 Å². The molecule has 2 fully saturated rings. The lowest BCUT2D eigenvalue weighted by atomic mass is 9.66. The van der Waals surface area contributed by atoms with E-state index < -0.39 is 0 Å². The molecule has 88 valence electrons. The second-order valence-corrected chi connectivity index (χ2v) is 5.69. The Morgan fingerprint density at radius 1 is 1.07 bits per heavy atom. The highest BCUT2D eigenvalue weighted by atomic mass is 16.5. The second kappa shape index (κ2) is 4.42. The summed E-state index contributed by atoms with van der Waals surface area (Å²) in [5, 5.41) is 10.7. The number of hydrogen-bond acceptors (Lipinski definition) is 2. The first-order chi connectivity index (χ1) is 7.12. The molecular weight excluding hydrogens is 188 g/mol. The molecule has 1 aliphatic heterocycles. The van der Waals surface area contributed by atoms with Gasteiger partial charge in [0.25, 0.3) is 0 Å². The Bertz CT molecular complexity index is 211. The van der Waals surface area contributed by atoms with Crippen LogP contribution in [0.5, 0.6) is 0 Å². The number of aliphatic hydroxyl groups is 1. The van der Waals surface area contributed by atoms with Gasteiger partial charge in [0.05, 0.1) is 5.60 Å². The van der Waals surface area contributed by atoms with E-state index in [0.29, 0.717) is 11.8 Å². The summed E-state index contributed by atoms with van der Waals surface area (Å²) in [6.45, 7) is 6.29. The minimum Gasteiger partial charge on any atom is -0.390 e. The molecule has 0 aromatic carbocycles. The summed E-state index contributed by atoms with van der Waals surface area (Å²) in [4.78, 5) is 0. The molecule has 0 aromatic heterocycles. The topological polar surface area (TPSA) is 29.5 Å². The smallest absolute Gasteiger partial charge is 0.0680 e. The molecule has 2 aliphatic rings. The third-order valence-electron chi connectivity index (χ3n) is 4.66. The highest BCUT2D eigenvalue weighted by Crippen LogP contribution is 2.43. The van der Waals surface area contributed by atoms with E-state index in [1.165, 1.54) is 6.42 Å². The van der Waals surface area contributed by atoms with E-state index in [1.54, 1.807) is 0 Å². The second-order valence-electron chi connectivity index (χ2n) is 5.69. The zero-order chi connectivity index (χ0) is 10.9. The van der Waals surface area contributed by atoms with E-state index >= 15 is 0 Å². The molecular formula is C13H24O2. The predicted molar refractivity (Wildman–Crippen MR) is 60.7 cm³/mol. The molecule has 1 aliphatic carbocycles. The molecule has 2 nitrogen and oxygen atoms in total. The maximum atomic E-state index is 10.7. The van der Waals surface area contributed by atoms with E-state index in [4.69, 9.17) is 4.74 Å². The van der Waals surface area contributed by atoms with Crippen molar-refractivity contribution < 1.29 is 9.84 Å². The molecule has 0 aromatic rings. The Balaban J connectivity index is 1.99. The summed E-state index contributed by atoms with van der Waals surface area (Å²) in [6, 6.07) is 0. The van der Waals surface area contributed by atoms with Gasteiger partial charge >= 0.3 is 0 Å². The van der Waals surface area contributed by atoms with Crippen molar-refractivity contribution in [1.29, 1.82) is 0 Å². The summed E-state index contributed by atoms with van der Waals surface area (Å²) in [5.41, 5.74) is -0.379. The summed E-state index contributed by atoms with van der Waals surface area (Å²) in [6.07, 6.45) is 5.30. The van der Waals surface area contributed by atoms with Crippen molar-refractivity contribution in [3.63, 3.8) is 0 Å². The van der Waals surface area contributed by atoms with Crippen LogP contribution in [0.1, 0.15) is 46.0 Å². The van der Waals surface area contributed by atoms with Crippen molar-refractivity contribution in [1.82, 2.24) is 0 Å². The molecule has 1 heterocycles. The molecule has 0 radical (unpaired) electrons. The van der Waals surface area contributed by atoms with Crippen LogP contribution in [0.15, 0.2) is 0 Å². The van der Waals surface area contributed by atoms with Crippen LogP contribution in [-0.4, -0.2) is 23.9 Å². The van der Waals surface area contributed by atoms with Gasteiger partial charge in [0.2, 0.25) is 0 Å². The van der Waals surface area contributed by atoms with Gasteiger partial charge in [-0.05, 0) is 49.9 Å². The van der Waals surface area contributed by atoms with Crippen LogP contribution in [0, 0.1) is 17.8 Å². The Morgan fingerprint density at radius 2 is 1.73 bits per heavy atom. The van der Waals surface area contributed by atoms with Crippen molar-refractivity contribution >= 4 is 0 Å². The Labute approximate surface area is 93.0 Å². The van der Waals surface area contributed by atoms with Crippen LogP contribution in [0.3, 0.4) is 0 Å². The summed E-state index contributed by atoms with van der Waals surface area (Å²) >= 11 is 0. The first-order valence-electron chi connectivity index (χ1n) is 6.42. The van der Waals surface area contributed by atoms with E-state index in [0.717, 1.165) is 44.8 Å². The van der Waals surface area contributed by atoms with Gasteiger partial charge in [-0.1, -0.05) is 13.8 Å². The van der Waals surface area contributed by atoms with Gasteiger partial charge in [-0.2, -0.15) is 0 Å². The van der Waals surface area contributed by atoms with E-state index in [-0.39, 0.29) is 5.60 Å². The highest BCUT2D eigenvalue weighted by molar-refractivity contribution is 4.93. The van der Waals surface area contributed by atoms with Crippen molar-refractivity contribution in [2.24, 2.45) is 17.8 Å². The van der Waals surface area contributed by atoms with Crippen LogP contribution in [0.4, 0.5) is 0 Å². The van der Waals surface area contributed by atoms with Crippen molar-refractivity contribution in [3.8, 4) is 0 Å². The molecule has 1 N–H and O–H groups in total. The SMILES string of the molecule is CC1CCC(O)(C2CCOCC2)CC1C. The summed E-state index contributed by atoms with van der Waals surface area (Å²) < 4.78 is 5.37. The van der Waals surface area contributed by atoms with E-state index in [2.05, 4.69) is 13.8 Å². The quantitative estimate of drug-likeness (QED) is 0.724. The molecule has 0 bridgehead atoms. The lowest BCUT2D eigenvalue weighted by molar-refractivity contribution is -0.104. The first-order valence-corrected chi connectivity index (χ1v) is 6.42. The third kappa shape index (κ3) is 2.36. The molecule has 0 amide bonds. The van der Waals surface area contributed by atoms with Crippen molar-refractivity contribution in [2.75, 3.05) is 13.2 Å². The number of hydrogen-bond donors (Lipinski definition) is 1.